The molecule has 1 rings (SSSR count). The van der Waals surface area contributed by atoms with Crippen LogP contribution in [0.5, 0.6) is 0 Å². The molecule has 0 aliphatic heterocycles. The van der Waals surface area contributed by atoms with E-state index in [0.29, 0.717) is 4.88 Å². The summed E-state index contributed by atoms with van der Waals surface area (Å²) in [4.78, 5) is 11.3. The molecule has 0 saturated carbocycles. The van der Waals surface area contributed by atoms with E-state index in [1.54, 1.807) is 17.5 Å². The van der Waals surface area contributed by atoms with Gasteiger partial charge in [0.25, 0.3) is 0 Å². The molecule has 52 valence electrons. The Hall–Kier alpha value is -0.360. The van der Waals surface area contributed by atoms with E-state index in [-0.39, 0.29) is 0 Å². The van der Waals surface area contributed by atoms with Crippen LogP contribution in [-0.4, -0.2) is 5.91 Å². The lowest BCUT2D eigenvalue weighted by atomic mass is 10.5. The van der Waals surface area contributed by atoms with Gasteiger partial charge in [-0.1, -0.05) is 6.07 Å². The van der Waals surface area contributed by atoms with Crippen molar-refractivity contribution in [1.82, 2.24) is 5.48 Å². The summed E-state index contributed by atoms with van der Waals surface area (Å²) in [5, 5.41) is 1.79. The summed E-state index contributed by atoms with van der Waals surface area (Å²) in [6.45, 7) is 0. The molecule has 1 aromatic rings. The molecular weight excluding hydrogens is 170 g/mol. The van der Waals surface area contributed by atoms with E-state index in [0.717, 1.165) is 0 Å². The fourth-order valence-electron chi connectivity index (χ4n) is 0.482. The normalized spacial score (nSPS) is 9.70. The van der Waals surface area contributed by atoms with E-state index < -0.39 is 5.91 Å². The van der Waals surface area contributed by atoms with Crippen LogP contribution in [0.3, 0.4) is 0 Å². The minimum absolute atomic E-state index is 0.398. The van der Waals surface area contributed by atoms with Crippen molar-refractivity contribution in [2.24, 2.45) is 0 Å². The third kappa shape index (κ3) is 1.81. The number of amides is 1. The zero-order valence-corrected chi connectivity index (χ0v) is 6.56. The van der Waals surface area contributed by atoms with Gasteiger partial charge in [-0.3, -0.25) is 0 Å². The molecule has 0 unspecified atom stereocenters. The largest absolute Gasteiger partial charge is 0.513 e. The highest BCUT2D eigenvalue weighted by molar-refractivity contribution is 7.75. The Kier molecular flexibility index (Phi) is 2.88. The Morgan fingerprint density at radius 3 is 3.10 bits per heavy atom. The maximum atomic E-state index is 10.8. The molecule has 10 heavy (non-hydrogen) atoms. The Labute approximate surface area is 67.6 Å². The first kappa shape index (κ1) is 7.74. The fraction of sp³-hybridized carbons (Fsp3) is 0. The molecule has 0 aromatic carbocycles. The molecule has 1 heterocycles. The number of carbonyl (C=O) groups is 1. The van der Waals surface area contributed by atoms with Crippen LogP contribution in [0.25, 0.3) is 0 Å². The summed E-state index contributed by atoms with van der Waals surface area (Å²) in [7, 11) is 0. The van der Waals surface area contributed by atoms with Crippen molar-refractivity contribution in [2.75, 3.05) is 0 Å². The molecular formula is C5H4NO2S2+. The number of thiophene rings is 1. The summed E-state index contributed by atoms with van der Waals surface area (Å²) in [6, 6.07) is 3.44. The lowest BCUT2D eigenvalue weighted by Crippen LogP contribution is -2.10. The predicted octanol–water partition coefficient (Wildman–Crippen LogP) is 1.27. The van der Waals surface area contributed by atoms with E-state index in [9.17, 15) is 4.79 Å². The lowest BCUT2D eigenvalue weighted by Gasteiger charge is -1.73. The molecule has 5 heteroatoms. The molecule has 1 amide bonds. The molecule has 0 bridgehead atoms. The smallest absolute Gasteiger partial charge is 0.207 e. The van der Waals surface area contributed by atoms with Gasteiger partial charge in [0.15, 0.2) is 0 Å². The summed E-state index contributed by atoms with van der Waals surface area (Å²) in [6.07, 6.45) is 0. The zero-order valence-electron chi connectivity index (χ0n) is 4.85. The molecule has 0 spiro atoms. The van der Waals surface area contributed by atoms with Crippen LogP contribution in [0.2, 0.25) is 0 Å². The number of hydroxylamine groups is 1. The summed E-state index contributed by atoms with van der Waals surface area (Å²) < 4.78 is 4.00. The molecule has 0 atom stereocenters. The third-order valence-corrected chi connectivity index (χ3v) is 1.80. The minimum atomic E-state index is -0.398. The van der Waals surface area contributed by atoms with Gasteiger partial charge in [0.05, 0.1) is 12.9 Å². The van der Waals surface area contributed by atoms with Crippen molar-refractivity contribution in [3.63, 3.8) is 0 Å². The van der Waals surface area contributed by atoms with Crippen molar-refractivity contribution < 1.29 is 9.08 Å². The molecule has 0 saturated heterocycles. The fourth-order valence-corrected chi connectivity index (χ4v) is 1.16. The van der Waals surface area contributed by atoms with Gasteiger partial charge in [-0.05, 0) is 15.7 Å². The Morgan fingerprint density at radius 2 is 2.60 bits per heavy atom. The SMILES string of the molecule is O=C([N+]OS)c1cccs1. The van der Waals surface area contributed by atoms with Crippen molar-refractivity contribution in [3.8, 4) is 0 Å². The average Bonchev–Trinajstić information content (AvgIpc) is 2.38. The van der Waals surface area contributed by atoms with E-state index in [4.69, 9.17) is 0 Å². The molecule has 0 N–H and O–H groups in total. The van der Waals surface area contributed by atoms with Crippen LogP contribution in [0.15, 0.2) is 17.5 Å². The standard InChI is InChI=1S/C5H4NO2S2/c7-5(6-8-9)4-2-1-3-10-4/h1-3,9H/q+1. The first-order valence-electron chi connectivity index (χ1n) is 2.44. The predicted molar refractivity (Wildman–Crippen MR) is 40.9 cm³/mol. The second-order valence-electron chi connectivity index (χ2n) is 1.46. The van der Waals surface area contributed by atoms with Gasteiger partial charge in [-0.2, -0.15) is 0 Å². The topological polar surface area (TPSA) is 40.4 Å². The second kappa shape index (κ2) is 3.72. The first-order chi connectivity index (χ1) is 4.84. The Balaban J connectivity index is 2.59. The number of rotatable bonds is 2. The first-order valence-corrected chi connectivity index (χ1v) is 3.68. The van der Waals surface area contributed by atoms with Crippen LogP contribution in [0.4, 0.5) is 0 Å². The van der Waals surface area contributed by atoms with Gasteiger partial charge in [0.1, 0.15) is 4.88 Å². The second-order valence-corrected chi connectivity index (χ2v) is 2.57. The number of nitrogens with zero attached hydrogens (tertiary/aromatic N) is 1. The van der Waals surface area contributed by atoms with E-state index in [2.05, 4.69) is 22.7 Å². The molecule has 1 aromatic heterocycles. The van der Waals surface area contributed by atoms with Gasteiger partial charge in [-0.25, -0.2) is 4.79 Å². The quantitative estimate of drug-likeness (QED) is 0.416. The maximum Gasteiger partial charge on any atom is 0.513 e. The molecule has 2 radical (unpaired) electrons. The van der Waals surface area contributed by atoms with Crippen LogP contribution in [0, 0.1) is 0 Å². The average molecular weight is 174 g/mol. The van der Waals surface area contributed by atoms with Gasteiger partial charge in [-0.15, -0.1) is 11.3 Å². The van der Waals surface area contributed by atoms with Gasteiger partial charge in [0.2, 0.25) is 0 Å². The number of hydrogen-bond acceptors (Lipinski definition) is 4. The molecule has 0 fully saturated rings. The number of thiol groups is 1. The summed E-state index contributed by atoms with van der Waals surface area (Å²) in [5.74, 6) is -0.398. The Bertz CT molecular complexity index is 209. The molecule has 0 aliphatic rings. The van der Waals surface area contributed by atoms with E-state index >= 15 is 0 Å². The van der Waals surface area contributed by atoms with Crippen molar-refractivity contribution in [2.45, 2.75) is 0 Å². The number of carbonyl (C=O) groups excluding carboxylic acids is 1. The van der Waals surface area contributed by atoms with E-state index in [1.165, 1.54) is 11.3 Å². The highest BCUT2D eigenvalue weighted by Crippen LogP contribution is 2.08. The zero-order chi connectivity index (χ0) is 7.40. The van der Waals surface area contributed by atoms with Crippen LogP contribution < -0.4 is 5.48 Å². The van der Waals surface area contributed by atoms with Crippen LogP contribution >= 0.6 is 24.2 Å². The van der Waals surface area contributed by atoms with Crippen LogP contribution in [0.1, 0.15) is 9.67 Å². The molecule has 3 nitrogen and oxygen atoms in total. The highest BCUT2D eigenvalue weighted by Gasteiger charge is 2.23. The monoisotopic (exact) mass is 174 g/mol. The Morgan fingerprint density at radius 1 is 1.80 bits per heavy atom. The van der Waals surface area contributed by atoms with Gasteiger partial charge < -0.3 is 0 Å². The maximum absolute atomic E-state index is 10.8. The third-order valence-electron chi connectivity index (χ3n) is 0.856. The van der Waals surface area contributed by atoms with Crippen molar-refractivity contribution in [1.29, 1.82) is 0 Å². The molecule has 0 aliphatic carbocycles. The van der Waals surface area contributed by atoms with Crippen LogP contribution in [-0.2, 0) is 4.28 Å². The minimum Gasteiger partial charge on any atom is -0.207 e. The van der Waals surface area contributed by atoms with Crippen molar-refractivity contribution >= 4 is 30.2 Å². The van der Waals surface area contributed by atoms with E-state index in [1.807, 2.05) is 0 Å². The summed E-state index contributed by atoms with van der Waals surface area (Å²) >= 11 is 4.62. The number of hydrogen-bond donors (Lipinski definition) is 1. The highest BCUT2D eigenvalue weighted by atomic mass is 32.1. The van der Waals surface area contributed by atoms with Gasteiger partial charge >= 0.3 is 11.4 Å². The van der Waals surface area contributed by atoms with Gasteiger partial charge in [0, 0.05) is 0 Å². The summed E-state index contributed by atoms with van der Waals surface area (Å²) in [5.41, 5.74) is 3.10. The van der Waals surface area contributed by atoms with Crippen molar-refractivity contribution in [3.05, 3.63) is 22.4 Å². The lowest BCUT2D eigenvalue weighted by molar-refractivity contribution is 0.0791.